The molecule has 4 nitrogen and oxygen atoms in total. The van der Waals surface area contributed by atoms with E-state index in [4.69, 9.17) is 8.83 Å². The van der Waals surface area contributed by atoms with Crippen LogP contribution in [0.2, 0.25) is 23.0 Å². The van der Waals surface area contributed by atoms with Crippen molar-refractivity contribution in [3.05, 3.63) is 218 Å². The van der Waals surface area contributed by atoms with Gasteiger partial charge in [0.2, 0.25) is 0 Å². The van der Waals surface area contributed by atoms with E-state index in [0.717, 1.165) is 82.8 Å². The summed E-state index contributed by atoms with van der Waals surface area (Å²) in [7, 11) is 0. The third-order valence-corrected chi connectivity index (χ3v) is 31.0. The predicted octanol–water partition coefficient (Wildman–Crippen LogP) is 16.3. The second kappa shape index (κ2) is 15.4. The molecule has 0 aliphatic carbocycles. The zero-order valence-electron chi connectivity index (χ0n) is 40.5. The number of hydrogen-bond acceptors (Lipinski definition) is 4. The van der Waals surface area contributed by atoms with E-state index in [9.17, 15) is 0 Å². The molecule has 2 aromatic heterocycles. The summed E-state index contributed by atoms with van der Waals surface area (Å²) in [4.78, 5) is 4.81. The summed E-state index contributed by atoms with van der Waals surface area (Å²) >= 11 is -5.02. The maximum absolute atomic E-state index is 6.97. The first-order chi connectivity index (χ1) is 35.2. The van der Waals surface area contributed by atoms with Crippen LogP contribution in [-0.4, -0.2) is 26.5 Å². The molecule has 0 bridgehead atoms. The minimum absolute atomic E-state index is 0.820. The monoisotopic (exact) mass is 1050 g/mol. The summed E-state index contributed by atoms with van der Waals surface area (Å²) in [5, 5.41) is 8.81. The van der Waals surface area contributed by atoms with E-state index in [2.05, 4.69) is 251 Å². The van der Waals surface area contributed by atoms with Crippen LogP contribution in [0.15, 0.2) is 227 Å². The summed E-state index contributed by atoms with van der Waals surface area (Å²) in [6, 6.07) is 80.9. The first-order valence-corrected chi connectivity index (χ1v) is 37.6. The molecule has 0 N–H and O–H groups in total. The summed E-state index contributed by atoms with van der Waals surface area (Å²) in [5.41, 5.74) is 15.8. The molecule has 2 aliphatic rings. The number of para-hydroxylation sites is 2. The molecular weight excluding hydrogens is 998 g/mol. The van der Waals surface area contributed by atoms with Crippen molar-refractivity contribution in [2.45, 2.75) is 23.0 Å². The number of anilines is 6. The average molecular weight is 1050 g/mol. The standard InChI is InChI=1S/C66H48Ge2N2O2/c1-67(2)58-21-13-11-19-51(58)53-29-27-49(39-60(53)67)69(45-15-7-5-8-16-45)47-25-23-41-35-56-55-31-32-62-65(66(55)72-63(56)37-43(41)33-47)57-36-42-24-26-48(34-44(42)38-64(57)71-62)70(46-17-9-6-10-18-46)50-28-30-54-52-20-12-14-22-59(52)68(3,4)61(54)40-50/h5-40H,1-4H3. The van der Waals surface area contributed by atoms with Crippen LogP contribution in [0.5, 0.6) is 0 Å². The van der Waals surface area contributed by atoms with E-state index in [-0.39, 0.29) is 0 Å². The van der Waals surface area contributed by atoms with Crippen LogP contribution in [0, 0.1) is 0 Å². The van der Waals surface area contributed by atoms with E-state index in [1.165, 1.54) is 47.8 Å². The van der Waals surface area contributed by atoms with Crippen LogP contribution in [0.4, 0.5) is 34.1 Å². The van der Waals surface area contributed by atoms with Crippen LogP contribution >= 0.6 is 0 Å². The van der Waals surface area contributed by atoms with Crippen molar-refractivity contribution >= 4 is 144 Å². The number of fused-ring (bicyclic) bond motifs is 15. The van der Waals surface area contributed by atoms with Gasteiger partial charge in [-0.25, -0.2) is 0 Å². The third-order valence-electron chi connectivity index (χ3n) is 16.2. The topological polar surface area (TPSA) is 32.8 Å². The number of benzene rings is 11. The minimum atomic E-state index is -2.51. The van der Waals surface area contributed by atoms with Crippen molar-refractivity contribution in [3.63, 3.8) is 0 Å². The molecule has 0 unspecified atom stereocenters. The van der Waals surface area contributed by atoms with Gasteiger partial charge in [-0.1, -0.05) is 0 Å². The number of hydrogen-bond donors (Lipinski definition) is 0. The fourth-order valence-corrected chi connectivity index (χ4v) is 25.5. The normalized spacial score (nSPS) is 14.1. The molecule has 342 valence electrons. The summed E-state index contributed by atoms with van der Waals surface area (Å²) < 4.78 is 19.9. The van der Waals surface area contributed by atoms with Crippen LogP contribution < -0.4 is 27.4 Å². The molecule has 0 fully saturated rings. The molecule has 6 heteroatoms. The number of rotatable bonds is 6. The van der Waals surface area contributed by atoms with Crippen LogP contribution in [0.3, 0.4) is 0 Å². The second-order valence-corrected chi connectivity index (χ2v) is 39.1. The molecule has 0 saturated heterocycles. The van der Waals surface area contributed by atoms with E-state index in [1.54, 1.807) is 8.79 Å². The molecule has 15 rings (SSSR count). The van der Waals surface area contributed by atoms with Gasteiger partial charge in [0.1, 0.15) is 0 Å². The van der Waals surface area contributed by atoms with Gasteiger partial charge in [0.15, 0.2) is 0 Å². The van der Waals surface area contributed by atoms with Crippen LogP contribution in [-0.2, 0) is 0 Å². The quantitative estimate of drug-likeness (QED) is 0.155. The first-order valence-electron chi connectivity index (χ1n) is 25.1. The summed E-state index contributed by atoms with van der Waals surface area (Å²) in [6.45, 7) is 0. The summed E-state index contributed by atoms with van der Waals surface area (Å²) in [6.07, 6.45) is 0. The van der Waals surface area contributed by atoms with Crippen LogP contribution in [0.25, 0.3) is 87.7 Å². The van der Waals surface area contributed by atoms with Gasteiger partial charge in [0.05, 0.1) is 0 Å². The molecule has 72 heavy (non-hydrogen) atoms. The van der Waals surface area contributed by atoms with Crippen molar-refractivity contribution in [2.24, 2.45) is 0 Å². The Balaban J connectivity index is 0.827. The molecule has 11 aromatic carbocycles. The Kier molecular flexibility index (Phi) is 8.95. The fraction of sp³-hybridized carbons (Fsp3) is 0.0606. The van der Waals surface area contributed by atoms with Crippen molar-refractivity contribution in [2.75, 3.05) is 9.80 Å². The van der Waals surface area contributed by atoms with Gasteiger partial charge >= 0.3 is 426 Å². The second-order valence-electron chi connectivity index (χ2n) is 20.9. The zero-order valence-corrected chi connectivity index (χ0v) is 44.7. The van der Waals surface area contributed by atoms with Gasteiger partial charge in [-0.2, -0.15) is 0 Å². The van der Waals surface area contributed by atoms with E-state index < -0.39 is 26.5 Å². The molecule has 2 aliphatic heterocycles. The fourth-order valence-electron chi connectivity index (χ4n) is 12.5. The molecule has 13 aromatic rings. The molecule has 4 heterocycles. The Bertz CT molecular complexity index is 4420. The Morgan fingerprint density at radius 2 is 0.736 bits per heavy atom. The SMILES string of the molecule is [CH3][Ge]1([CH3])[c]2ccccc2-c2ccc(N(c3ccccc3)c3ccc4cc5c(cc4c3)oc3c5ccc4oc5cc6cc(N(c7ccccc7)c7ccc8[c](c7)[Ge]([CH3])([CH3])[c]7ccccc7-8)ccc6cc5c43)c[c]21. The third kappa shape index (κ3) is 6.12. The van der Waals surface area contributed by atoms with Crippen molar-refractivity contribution < 1.29 is 8.83 Å². The van der Waals surface area contributed by atoms with Gasteiger partial charge in [-0.3, -0.25) is 0 Å². The zero-order chi connectivity index (χ0) is 48.0. The average Bonchev–Trinajstić information content (AvgIpc) is 4.09. The van der Waals surface area contributed by atoms with Gasteiger partial charge in [-0.15, -0.1) is 0 Å². The van der Waals surface area contributed by atoms with Crippen molar-refractivity contribution in [3.8, 4) is 22.3 Å². The molecule has 0 radical (unpaired) electrons. The predicted molar refractivity (Wildman–Crippen MR) is 310 cm³/mol. The maximum atomic E-state index is 6.97. The number of furan rings is 2. The first kappa shape index (κ1) is 42.0. The van der Waals surface area contributed by atoms with Crippen LogP contribution in [0.1, 0.15) is 0 Å². The van der Waals surface area contributed by atoms with E-state index in [0.29, 0.717) is 0 Å². The van der Waals surface area contributed by atoms with E-state index >= 15 is 0 Å². The van der Waals surface area contributed by atoms with Gasteiger partial charge in [0, 0.05) is 0 Å². The molecular formula is C66H48Ge2N2O2. The Morgan fingerprint density at radius 3 is 1.28 bits per heavy atom. The summed E-state index contributed by atoms with van der Waals surface area (Å²) in [5.74, 6) is 10.1. The molecule has 0 atom stereocenters. The molecule has 0 amide bonds. The van der Waals surface area contributed by atoms with Gasteiger partial charge in [-0.05, 0) is 0 Å². The van der Waals surface area contributed by atoms with Gasteiger partial charge < -0.3 is 0 Å². The Hall–Kier alpha value is -7.77. The molecule has 0 saturated carbocycles. The van der Waals surface area contributed by atoms with Crippen molar-refractivity contribution in [1.29, 1.82) is 0 Å². The number of nitrogens with zero attached hydrogens (tertiary/aromatic N) is 2. The van der Waals surface area contributed by atoms with Crippen molar-refractivity contribution in [1.82, 2.24) is 0 Å². The Morgan fingerprint density at radius 1 is 0.292 bits per heavy atom. The van der Waals surface area contributed by atoms with E-state index in [1.807, 2.05) is 0 Å². The molecule has 0 spiro atoms. The Labute approximate surface area is 423 Å². The van der Waals surface area contributed by atoms with Gasteiger partial charge in [0.25, 0.3) is 0 Å².